The minimum Gasteiger partial charge on any atom is -0.396 e. The molecule has 0 spiro atoms. The molecule has 0 saturated heterocycles. The average Bonchev–Trinajstić information content (AvgIpc) is 2.71. The zero-order chi connectivity index (χ0) is 14.4. The summed E-state index contributed by atoms with van der Waals surface area (Å²) in [5, 5.41) is 12.8. The van der Waals surface area contributed by atoms with Gasteiger partial charge in [-0.1, -0.05) is 13.8 Å². The van der Waals surface area contributed by atoms with E-state index in [1.807, 2.05) is 13.8 Å². The first-order valence-electron chi connectivity index (χ1n) is 6.86. The van der Waals surface area contributed by atoms with Crippen LogP contribution in [0.3, 0.4) is 0 Å². The number of nitrogens with one attached hydrogen (secondary N) is 1. The number of nitrogens with zero attached hydrogens (tertiary/aromatic N) is 1. The van der Waals surface area contributed by atoms with Crippen molar-refractivity contribution in [3.8, 4) is 0 Å². The van der Waals surface area contributed by atoms with Crippen LogP contribution in [0.1, 0.15) is 26.7 Å². The number of Topliss-reactive ketones (excluding diaryl/α,β-unsaturated/α-hetero) is 1. The molecule has 0 radical (unpaired) electrons. The van der Waals surface area contributed by atoms with Crippen LogP contribution in [0, 0.1) is 16.7 Å². The lowest BCUT2D eigenvalue weighted by atomic mass is 9.69. The highest BCUT2D eigenvalue weighted by atomic mass is 16.3. The third-order valence-corrected chi connectivity index (χ3v) is 5.56. The van der Waals surface area contributed by atoms with Crippen molar-refractivity contribution in [3.63, 3.8) is 0 Å². The number of amides is 1. The van der Waals surface area contributed by atoms with Gasteiger partial charge in [-0.15, -0.1) is 0 Å². The van der Waals surface area contributed by atoms with E-state index in [4.69, 9.17) is 0 Å². The summed E-state index contributed by atoms with van der Waals surface area (Å²) < 4.78 is 0. The van der Waals surface area contributed by atoms with E-state index in [1.165, 1.54) is 4.90 Å². The molecule has 1 amide bonds. The number of likely N-dealkylation sites (N-methyl/N-ethyl adjacent to an activating group) is 1. The van der Waals surface area contributed by atoms with E-state index in [-0.39, 0.29) is 42.2 Å². The standard InChI is InChI=1S/C14H24N2O3/c1-13-6-5-9(14(13,2)8-17)11(12(13)19)15-7-10(18)16(3)4/h9,11,15,17H,5-8H2,1-4H3. The maximum atomic E-state index is 12.5. The average molecular weight is 268 g/mol. The SMILES string of the molecule is CN(C)C(=O)CNC1C(=O)C2(C)CCC1C2(C)CO. The maximum Gasteiger partial charge on any atom is 0.236 e. The van der Waals surface area contributed by atoms with E-state index in [2.05, 4.69) is 5.32 Å². The molecule has 2 rings (SSSR count). The number of rotatable bonds is 4. The van der Waals surface area contributed by atoms with E-state index < -0.39 is 5.41 Å². The maximum absolute atomic E-state index is 12.5. The molecule has 0 heterocycles. The number of aliphatic hydroxyl groups excluding tert-OH is 1. The Balaban J connectivity index is 2.13. The van der Waals surface area contributed by atoms with Gasteiger partial charge in [-0.2, -0.15) is 0 Å². The Hall–Kier alpha value is -0.940. The van der Waals surface area contributed by atoms with Gasteiger partial charge in [-0.25, -0.2) is 0 Å². The van der Waals surface area contributed by atoms with Crippen molar-refractivity contribution in [2.45, 2.75) is 32.7 Å². The van der Waals surface area contributed by atoms with Gasteiger partial charge in [0.15, 0.2) is 5.78 Å². The summed E-state index contributed by atoms with van der Waals surface area (Å²) >= 11 is 0. The number of carbonyl (C=O) groups excluding carboxylic acids is 2. The van der Waals surface area contributed by atoms with Crippen LogP contribution in [0.2, 0.25) is 0 Å². The molecule has 2 bridgehead atoms. The van der Waals surface area contributed by atoms with Crippen LogP contribution in [-0.2, 0) is 9.59 Å². The first kappa shape index (κ1) is 14.5. The summed E-state index contributed by atoms with van der Waals surface area (Å²) in [4.78, 5) is 25.7. The molecule has 0 aromatic carbocycles. The van der Waals surface area contributed by atoms with Crippen molar-refractivity contribution >= 4 is 11.7 Å². The molecular weight excluding hydrogens is 244 g/mol. The van der Waals surface area contributed by atoms with Gasteiger partial charge < -0.3 is 10.0 Å². The highest BCUT2D eigenvalue weighted by molar-refractivity contribution is 5.95. The summed E-state index contributed by atoms with van der Waals surface area (Å²) in [5.74, 6) is 0.253. The van der Waals surface area contributed by atoms with Crippen molar-refractivity contribution in [1.29, 1.82) is 0 Å². The van der Waals surface area contributed by atoms with Gasteiger partial charge in [-0.05, 0) is 18.8 Å². The van der Waals surface area contributed by atoms with Crippen molar-refractivity contribution in [2.24, 2.45) is 16.7 Å². The number of carbonyl (C=O) groups is 2. The fourth-order valence-corrected chi connectivity index (χ4v) is 3.80. The molecule has 2 aliphatic rings. The number of ketones is 1. The van der Waals surface area contributed by atoms with Gasteiger partial charge in [0, 0.05) is 31.5 Å². The summed E-state index contributed by atoms with van der Waals surface area (Å²) in [6.45, 7) is 4.16. The Morgan fingerprint density at radius 3 is 2.58 bits per heavy atom. The topological polar surface area (TPSA) is 69.6 Å². The predicted molar refractivity (Wildman–Crippen MR) is 71.5 cm³/mol. The number of aliphatic hydroxyl groups is 1. The number of fused-ring (bicyclic) bond motifs is 2. The molecule has 19 heavy (non-hydrogen) atoms. The zero-order valence-electron chi connectivity index (χ0n) is 12.2. The lowest BCUT2D eigenvalue weighted by Gasteiger charge is -2.34. The van der Waals surface area contributed by atoms with Crippen molar-refractivity contribution < 1.29 is 14.7 Å². The Kier molecular flexibility index (Phi) is 3.47. The predicted octanol–water partition coefficient (Wildman–Crippen LogP) is 0.0304. The largest absolute Gasteiger partial charge is 0.396 e. The van der Waals surface area contributed by atoms with Crippen LogP contribution in [0.15, 0.2) is 0 Å². The molecule has 4 unspecified atom stereocenters. The second-order valence-corrected chi connectivity index (χ2v) is 6.56. The van der Waals surface area contributed by atoms with Gasteiger partial charge in [0.05, 0.1) is 12.6 Å². The third kappa shape index (κ3) is 1.82. The molecule has 2 N–H and O–H groups in total. The summed E-state index contributed by atoms with van der Waals surface area (Å²) in [7, 11) is 3.40. The van der Waals surface area contributed by atoms with E-state index in [1.54, 1.807) is 14.1 Å². The minimum absolute atomic E-state index is 0.0275. The van der Waals surface area contributed by atoms with E-state index in [0.717, 1.165) is 12.8 Å². The minimum atomic E-state index is -0.453. The summed E-state index contributed by atoms with van der Waals surface area (Å²) in [6.07, 6.45) is 1.78. The van der Waals surface area contributed by atoms with E-state index in [0.29, 0.717) is 0 Å². The lowest BCUT2D eigenvalue weighted by Crippen LogP contribution is -2.47. The van der Waals surface area contributed by atoms with Crippen LogP contribution in [0.5, 0.6) is 0 Å². The fraction of sp³-hybridized carbons (Fsp3) is 0.857. The first-order chi connectivity index (χ1) is 8.78. The Morgan fingerprint density at radius 1 is 1.47 bits per heavy atom. The van der Waals surface area contributed by atoms with Crippen LogP contribution in [0.25, 0.3) is 0 Å². The van der Waals surface area contributed by atoms with Gasteiger partial charge in [0.25, 0.3) is 0 Å². The molecule has 2 saturated carbocycles. The number of hydrogen-bond donors (Lipinski definition) is 2. The fourth-order valence-electron chi connectivity index (χ4n) is 3.80. The normalized spacial score (nSPS) is 40.8. The smallest absolute Gasteiger partial charge is 0.236 e. The Labute approximate surface area is 114 Å². The lowest BCUT2D eigenvalue weighted by molar-refractivity contribution is -0.131. The molecule has 0 aromatic heterocycles. The molecule has 2 fully saturated rings. The van der Waals surface area contributed by atoms with E-state index in [9.17, 15) is 14.7 Å². The molecule has 108 valence electrons. The molecule has 5 nitrogen and oxygen atoms in total. The highest BCUT2D eigenvalue weighted by Crippen LogP contribution is 2.63. The monoisotopic (exact) mass is 268 g/mol. The Morgan fingerprint density at radius 2 is 2.11 bits per heavy atom. The molecule has 5 heteroatoms. The Bertz CT molecular complexity index is 409. The summed E-state index contributed by atoms with van der Waals surface area (Å²) in [5.41, 5.74) is -0.811. The molecule has 2 aliphatic carbocycles. The highest BCUT2D eigenvalue weighted by Gasteiger charge is 2.67. The van der Waals surface area contributed by atoms with Crippen molar-refractivity contribution in [1.82, 2.24) is 10.2 Å². The van der Waals surface area contributed by atoms with Gasteiger partial charge in [0.2, 0.25) is 5.91 Å². The van der Waals surface area contributed by atoms with Crippen LogP contribution < -0.4 is 5.32 Å². The van der Waals surface area contributed by atoms with Crippen molar-refractivity contribution in [3.05, 3.63) is 0 Å². The van der Waals surface area contributed by atoms with Crippen LogP contribution >= 0.6 is 0 Å². The summed E-state index contributed by atoms with van der Waals surface area (Å²) in [6, 6.07) is -0.292. The molecular formula is C14H24N2O3. The van der Waals surface area contributed by atoms with E-state index >= 15 is 0 Å². The quantitative estimate of drug-likeness (QED) is 0.755. The van der Waals surface area contributed by atoms with Crippen molar-refractivity contribution in [2.75, 3.05) is 27.2 Å². The molecule has 0 aromatic rings. The van der Waals surface area contributed by atoms with Gasteiger partial charge in [0.1, 0.15) is 0 Å². The van der Waals surface area contributed by atoms with Gasteiger partial charge >= 0.3 is 0 Å². The molecule has 0 aliphatic heterocycles. The third-order valence-electron chi connectivity index (χ3n) is 5.56. The second-order valence-electron chi connectivity index (χ2n) is 6.56. The van der Waals surface area contributed by atoms with Crippen LogP contribution in [-0.4, -0.2) is 55.0 Å². The number of hydrogen-bond acceptors (Lipinski definition) is 4. The van der Waals surface area contributed by atoms with Crippen LogP contribution in [0.4, 0.5) is 0 Å². The first-order valence-corrected chi connectivity index (χ1v) is 6.86. The zero-order valence-corrected chi connectivity index (χ0v) is 12.2. The second kappa shape index (κ2) is 4.56. The molecule has 4 atom stereocenters. The van der Waals surface area contributed by atoms with Gasteiger partial charge in [-0.3, -0.25) is 14.9 Å².